The lowest BCUT2D eigenvalue weighted by atomic mass is 9.82. The topological polar surface area (TPSA) is 165 Å². The molecule has 1 aromatic rings. The number of ether oxygens (including phenoxy) is 1. The number of aromatic nitrogens is 1. The summed E-state index contributed by atoms with van der Waals surface area (Å²) in [6, 6.07) is 7.68. The molecular weight excluding hydrogens is 546 g/mol. The third-order valence-corrected chi connectivity index (χ3v) is 8.71. The molecule has 0 bridgehead atoms. The average molecular weight is 597 g/mol. The van der Waals surface area contributed by atoms with Crippen molar-refractivity contribution in [3.05, 3.63) is 59.6 Å². The number of esters is 1. The largest absolute Gasteiger partial charge is 0.672 e. The van der Waals surface area contributed by atoms with E-state index in [1.54, 1.807) is 24.4 Å². The number of hydrogen-bond acceptors (Lipinski definition) is 7. The van der Waals surface area contributed by atoms with E-state index in [-0.39, 0.29) is 36.3 Å². The molecule has 9 atom stereocenters. The number of pyridine rings is 1. The minimum absolute atomic E-state index is 0.0816. The molecule has 2 aliphatic rings. The first-order chi connectivity index (χ1) is 20.5. The molecule has 4 N–H and O–H groups in total. The first-order valence-electron chi connectivity index (χ1n) is 15.6. The summed E-state index contributed by atoms with van der Waals surface area (Å²) in [4.78, 5) is 28.4. The van der Waals surface area contributed by atoms with E-state index < -0.39 is 36.2 Å². The van der Waals surface area contributed by atoms with Gasteiger partial charge in [0.15, 0.2) is 0 Å². The van der Waals surface area contributed by atoms with Crippen LogP contribution in [0.2, 0.25) is 0 Å². The summed E-state index contributed by atoms with van der Waals surface area (Å²) in [6.07, 6.45) is 9.02. The molecule has 0 aromatic carbocycles. The molecule has 0 saturated heterocycles. The lowest BCUT2D eigenvalue weighted by Gasteiger charge is -2.28. The number of nitrogens with one attached hydrogen (secondary N) is 1. The van der Waals surface area contributed by atoms with Gasteiger partial charge in [-0.15, -0.1) is 6.54 Å². The fourth-order valence-corrected chi connectivity index (χ4v) is 6.47. The van der Waals surface area contributed by atoms with Crippen LogP contribution in [0, 0.1) is 46.8 Å². The zero-order chi connectivity index (χ0) is 31.9. The molecule has 1 aliphatic carbocycles. The summed E-state index contributed by atoms with van der Waals surface area (Å²) in [7, 11) is 0. The Labute approximate surface area is 256 Å². The number of carbonyl (C=O) groups is 2. The van der Waals surface area contributed by atoms with Crippen molar-refractivity contribution in [2.75, 3.05) is 0 Å². The Bertz CT molecular complexity index is 1100. The van der Waals surface area contributed by atoms with Gasteiger partial charge in [-0.05, 0) is 74.0 Å². The zero-order valence-electron chi connectivity index (χ0n) is 26.1. The smallest absolute Gasteiger partial charge is 0.308 e. The standard InChI is InChI=1S/C28H43NO6.C6H7N2/c1-17-12-18(2)14-20(4)27(32)21(16-29)8-5-6-11-25(22-9-7-10-23(22)28(33)34)35-26(31)15-24(30)19(3)13-17;7-5-6-3-1-2-4-8-6/h5-6,8,17-20,22-25,27,30,32H,7,9-15H2,1-4H3,(H,33,34);1-4,7H,5H2/q;-1/b6-5+,21-8-;/t17-,18+,19-,20-,22+,23+,24-,25-,27+;/m0./s1. The second-order valence-corrected chi connectivity index (χ2v) is 12.6. The number of nitriles is 1. The van der Waals surface area contributed by atoms with Gasteiger partial charge in [0.25, 0.3) is 0 Å². The highest BCUT2D eigenvalue weighted by Gasteiger charge is 2.39. The molecule has 9 heteroatoms. The summed E-state index contributed by atoms with van der Waals surface area (Å²) < 4.78 is 5.77. The summed E-state index contributed by atoms with van der Waals surface area (Å²) in [5.74, 6) is -1.77. The molecule has 3 rings (SSSR count). The Hall–Kier alpha value is -3.06. The molecule has 9 nitrogen and oxygen atoms in total. The van der Waals surface area contributed by atoms with Crippen LogP contribution in [0.5, 0.6) is 0 Å². The van der Waals surface area contributed by atoms with Gasteiger partial charge in [0.1, 0.15) is 6.10 Å². The second-order valence-electron chi connectivity index (χ2n) is 12.6. The predicted octanol–water partition coefficient (Wildman–Crippen LogP) is 6.27. The lowest BCUT2D eigenvalue weighted by Crippen LogP contribution is -2.34. The molecule has 1 aromatic heterocycles. The van der Waals surface area contributed by atoms with Gasteiger partial charge in [0.05, 0.1) is 36.2 Å². The molecule has 1 saturated carbocycles. The molecular formula is C34H50N3O6-. The normalized spacial score (nSPS) is 35.0. The van der Waals surface area contributed by atoms with Crippen LogP contribution >= 0.6 is 0 Å². The first kappa shape index (κ1) is 36.1. The van der Waals surface area contributed by atoms with E-state index in [1.165, 1.54) is 0 Å². The van der Waals surface area contributed by atoms with Crippen molar-refractivity contribution in [3.8, 4) is 6.07 Å². The second kappa shape index (κ2) is 18.6. The maximum Gasteiger partial charge on any atom is 0.308 e. The Kier molecular flexibility index (Phi) is 15.6. The van der Waals surface area contributed by atoms with Gasteiger partial charge in [0, 0.05) is 24.2 Å². The Morgan fingerprint density at radius 1 is 1.09 bits per heavy atom. The number of allylic oxidation sites excluding steroid dienone is 2. The SMILES string of the molecule is C[C@@H]1C[C@H](C)C[C@H](C)[C@@H](O)CC(=O)O[C@H]([C@@H]2CCC[C@H]2C(=O)O)C/C=C/C=C(/C#N)[C@H](O)[C@@H](C)C1.[NH-]Cc1ccccn1. The fourth-order valence-electron chi connectivity index (χ4n) is 6.47. The summed E-state index contributed by atoms with van der Waals surface area (Å²) >= 11 is 0. The Morgan fingerprint density at radius 2 is 1.79 bits per heavy atom. The van der Waals surface area contributed by atoms with E-state index in [0.717, 1.165) is 31.4 Å². The van der Waals surface area contributed by atoms with Gasteiger partial charge in [-0.25, -0.2) is 0 Å². The molecule has 43 heavy (non-hydrogen) atoms. The Morgan fingerprint density at radius 3 is 2.37 bits per heavy atom. The highest BCUT2D eigenvalue weighted by atomic mass is 16.5. The molecule has 0 unspecified atom stereocenters. The molecule has 1 aliphatic heterocycles. The van der Waals surface area contributed by atoms with Crippen molar-refractivity contribution < 1.29 is 29.6 Å². The maximum absolute atomic E-state index is 12.7. The third kappa shape index (κ3) is 12.2. The number of rotatable bonds is 3. The van der Waals surface area contributed by atoms with Crippen LogP contribution in [0.4, 0.5) is 0 Å². The van der Waals surface area contributed by atoms with Gasteiger partial charge in [0.2, 0.25) is 0 Å². The average Bonchev–Trinajstić information content (AvgIpc) is 3.47. The van der Waals surface area contributed by atoms with Crippen LogP contribution in [-0.4, -0.2) is 50.6 Å². The van der Waals surface area contributed by atoms with Crippen LogP contribution in [0.15, 0.2) is 48.2 Å². The van der Waals surface area contributed by atoms with E-state index in [1.807, 2.05) is 32.0 Å². The van der Waals surface area contributed by atoms with Gasteiger partial charge >= 0.3 is 11.9 Å². The monoisotopic (exact) mass is 596 g/mol. The van der Waals surface area contributed by atoms with Gasteiger partial charge in [-0.2, -0.15) is 5.26 Å². The number of nitrogens with zero attached hydrogens (tertiary/aromatic N) is 2. The van der Waals surface area contributed by atoms with Crippen molar-refractivity contribution in [2.24, 2.45) is 35.5 Å². The minimum atomic E-state index is -0.882. The molecule has 0 radical (unpaired) electrons. The summed E-state index contributed by atoms with van der Waals surface area (Å²) in [5, 5.41) is 40.6. The van der Waals surface area contributed by atoms with Gasteiger partial charge in [-0.1, -0.05) is 52.3 Å². The van der Waals surface area contributed by atoms with E-state index in [2.05, 4.69) is 24.9 Å². The first-order valence-corrected chi connectivity index (χ1v) is 15.6. The number of carbonyl (C=O) groups excluding carboxylic acids is 1. The molecule has 238 valence electrons. The molecule has 0 amide bonds. The number of aliphatic hydroxyl groups is 2. The molecule has 0 spiro atoms. The molecule has 1 fully saturated rings. The van der Waals surface area contributed by atoms with Gasteiger partial charge < -0.3 is 25.8 Å². The number of hydrogen-bond donors (Lipinski definition) is 3. The zero-order valence-corrected chi connectivity index (χ0v) is 26.1. The van der Waals surface area contributed by atoms with E-state index in [4.69, 9.17) is 10.5 Å². The number of carboxylic acids is 1. The van der Waals surface area contributed by atoms with E-state index >= 15 is 0 Å². The maximum atomic E-state index is 12.7. The van der Waals surface area contributed by atoms with Crippen molar-refractivity contribution in [1.82, 2.24) is 4.98 Å². The van der Waals surface area contributed by atoms with Crippen LogP contribution in [0.3, 0.4) is 0 Å². The van der Waals surface area contributed by atoms with Crippen LogP contribution in [0.1, 0.15) is 84.8 Å². The summed E-state index contributed by atoms with van der Waals surface area (Å²) in [6.45, 7) is 8.43. The summed E-state index contributed by atoms with van der Waals surface area (Å²) in [5.41, 5.74) is 7.99. The quantitative estimate of drug-likeness (QED) is 0.344. The fraction of sp³-hybridized carbons (Fsp3) is 0.647. The highest BCUT2D eigenvalue weighted by molar-refractivity contribution is 5.72. The lowest BCUT2D eigenvalue weighted by molar-refractivity contribution is -0.159. The van der Waals surface area contributed by atoms with Crippen molar-refractivity contribution in [1.29, 1.82) is 5.26 Å². The Balaban J connectivity index is 0.000000694. The number of aliphatic carboxylic acids is 1. The number of carboxylic acid groups (broad SMARTS) is 1. The van der Waals surface area contributed by atoms with E-state index in [0.29, 0.717) is 31.1 Å². The third-order valence-electron chi connectivity index (χ3n) is 8.71. The van der Waals surface area contributed by atoms with Crippen molar-refractivity contribution in [2.45, 2.75) is 104 Å². The highest BCUT2D eigenvalue weighted by Crippen LogP contribution is 2.37. The minimum Gasteiger partial charge on any atom is -0.672 e. The van der Waals surface area contributed by atoms with Gasteiger partial charge in [-0.3, -0.25) is 14.6 Å². The van der Waals surface area contributed by atoms with Crippen molar-refractivity contribution in [3.63, 3.8) is 0 Å². The molecule has 2 heterocycles. The predicted molar refractivity (Wildman–Crippen MR) is 165 cm³/mol. The van der Waals surface area contributed by atoms with Crippen LogP contribution in [0.25, 0.3) is 5.73 Å². The van der Waals surface area contributed by atoms with Crippen molar-refractivity contribution >= 4 is 11.9 Å². The van der Waals surface area contributed by atoms with E-state index in [9.17, 15) is 30.2 Å². The number of cyclic esters (lactones) is 1. The van der Waals surface area contributed by atoms with Crippen LogP contribution < -0.4 is 0 Å². The number of aliphatic hydroxyl groups excluding tert-OH is 2. The van der Waals surface area contributed by atoms with Crippen LogP contribution in [-0.2, 0) is 20.9 Å².